The summed E-state index contributed by atoms with van der Waals surface area (Å²) in [6, 6.07) is 16.0. The third-order valence-electron chi connectivity index (χ3n) is 6.58. The fraction of sp³-hybridized carbons (Fsp3) is 0.500. The molecule has 4 unspecified atom stereocenters. The normalized spacial score (nSPS) is 34.0. The standard InChI is InChI=1S/C24H28O6P2/c1-3-11-19(25-31-27-21-13-5-6-14-22(21)28-31)17(9-1)18-10-2-4-12-20(18)26-32-29-23-15-7-8-16-24(23)30-32/h1-4,9-12,21-24H,5-8,13-16H2. The minimum atomic E-state index is -1.40. The van der Waals surface area contributed by atoms with Gasteiger partial charge in [0.05, 0.1) is 24.4 Å². The molecule has 6 nitrogen and oxygen atoms in total. The molecule has 2 aromatic rings. The van der Waals surface area contributed by atoms with Crippen LogP contribution in [-0.4, -0.2) is 24.4 Å². The molecule has 2 aliphatic heterocycles. The van der Waals surface area contributed by atoms with Crippen LogP contribution >= 0.6 is 17.2 Å². The van der Waals surface area contributed by atoms with Gasteiger partial charge in [-0.25, -0.2) is 0 Å². The summed E-state index contributed by atoms with van der Waals surface area (Å²) in [7, 11) is -2.79. The van der Waals surface area contributed by atoms with Crippen molar-refractivity contribution >= 4 is 17.2 Å². The van der Waals surface area contributed by atoms with Crippen LogP contribution in [0.1, 0.15) is 51.4 Å². The lowest BCUT2D eigenvalue weighted by atomic mass is 9.95. The van der Waals surface area contributed by atoms with E-state index in [1.54, 1.807) is 0 Å². The number of fused-ring (bicyclic) bond motifs is 2. The van der Waals surface area contributed by atoms with Crippen molar-refractivity contribution in [3.63, 3.8) is 0 Å². The van der Waals surface area contributed by atoms with Crippen LogP contribution in [0.3, 0.4) is 0 Å². The van der Waals surface area contributed by atoms with Crippen LogP contribution in [0, 0.1) is 0 Å². The predicted molar refractivity (Wildman–Crippen MR) is 123 cm³/mol. The van der Waals surface area contributed by atoms with E-state index in [9.17, 15) is 0 Å². The molecule has 0 amide bonds. The van der Waals surface area contributed by atoms with Gasteiger partial charge in [-0.05, 0) is 37.8 Å². The second-order valence-electron chi connectivity index (χ2n) is 8.77. The molecule has 0 spiro atoms. The number of benzene rings is 2. The first-order chi connectivity index (χ1) is 15.8. The second kappa shape index (κ2) is 9.54. The molecular weight excluding hydrogens is 446 g/mol. The van der Waals surface area contributed by atoms with Crippen LogP contribution < -0.4 is 9.05 Å². The highest BCUT2D eigenvalue weighted by Gasteiger charge is 2.42. The largest absolute Gasteiger partial charge is 0.426 e. The van der Waals surface area contributed by atoms with Crippen molar-refractivity contribution in [2.24, 2.45) is 0 Å². The lowest BCUT2D eigenvalue weighted by Gasteiger charge is -2.20. The van der Waals surface area contributed by atoms with Gasteiger partial charge in [0.15, 0.2) is 0 Å². The van der Waals surface area contributed by atoms with Gasteiger partial charge in [-0.2, -0.15) is 0 Å². The van der Waals surface area contributed by atoms with E-state index in [-0.39, 0.29) is 24.4 Å². The third kappa shape index (κ3) is 4.42. The van der Waals surface area contributed by atoms with E-state index in [4.69, 9.17) is 27.1 Å². The minimum Gasteiger partial charge on any atom is -0.426 e. The van der Waals surface area contributed by atoms with Gasteiger partial charge in [0.2, 0.25) is 0 Å². The Balaban J connectivity index is 1.21. The lowest BCUT2D eigenvalue weighted by Crippen LogP contribution is -2.25. The van der Waals surface area contributed by atoms with Crippen molar-refractivity contribution in [2.75, 3.05) is 0 Å². The zero-order valence-corrected chi connectivity index (χ0v) is 19.7. The molecule has 170 valence electrons. The van der Waals surface area contributed by atoms with E-state index in [0.29, 0.717) is 0 Å². The minimum absolute atomic E-state index is 0.167. The van der Waals surface area contributed by atoms with Crippen LogP contribution in [-0.2, 0) is 18.1 Å². The molecule has 4 fully saturated rings. The number of hydrogen-bond acceptors (Lipinski definition) is 6. The molecule has 0 aromatic heterocycles. The van der Waals surface area contributed by atoms with Gasteiger partial charge >= 0.3 is 17.2 Å². The van der Waals surface area contributed by atoms with Crippen LogP contribution in [0.4, 0.5) is 0 Å². The number of rotatable bonds is 5. The molecule has 2 saturated carbocycles. The molecule has 32 heavy (non-hydrogen) atoms. The molecule has 2 heterocycles. The van der Waals surface area contributed by atoms with Crippen molar-refractivity contribution in [1.82, 2.24) is 0 Å². The van der Waals surface area contributed by atoms with Gasteiger partial charge in [-0.1, -0.05) is 62.1 Å². The maximum atomic E-state index is 6.26. The van der Waals surface area contributed by atoms with E-state index in [1.165, 1.54) is 25.7 Å². The summed E-state index contributed by atoms with van der Waals surface area (Å²) in [6.45, 7) is 0. The van der Waals surface area contributed by atoms with E-state index in [2.05, 4.69) is 0 Å². The monoisotopic (exact) mass is 474 g/mol. The third-order valence-corrected chi connectivity index (χ3v) is 9.04. The molecule has 2 aliphatic carbocycles. The summed E-state index contributed by atoms with van der Waals surface area (Å²) in [5.74, 6) is 1.48. The molecule has 0 radical (unpaired) electrons. The topological polar surface area (TPSA) is 55.4 Å². The average Bonchev–Trinajstić information content (AvgIpc) is 3.42. The smallest absolute Gasteiger partial charge is 0.397 e. The zero-order chi connectivity index (χ0) is 21.3. The van der Waals surface area contributed by atoms with Gasteiger partial charge in [0.1, 0.15) is 11.5 Å². The van der Waals surface area contributed by atoms with Crippen LogP contribution in [0.25, 0.3) is 11.1 Å². The molecule has 2 saturated heterocycles. The SMILES string of the molecule is c1ccc(-c2ccccc2OP2OC3CCCCC3O2)c(OP2OC3CCCCC3O2)c1. The second-order valence-corrected chi connectivity index (χ2v) is 10.9. The first kappa shape index (κ1) is 21.3. The van der Waals surface area contributed by atoms with Gasteiger partial charge in [-0.3, -0.25) is 18.1 Å². The van der Waals surface area contributed by atoms with Crippen LogP contribution in [0.15, 0.2) is 48.5 Å². The highest BCUT2D eigenvalue weighted by Crippen LogP contribution is 2.56. The first-order valence-corrected chi connectivity index (χ1v) is 13.8. The Labute approximate surface area is 191 Å². The maximum Gasteiger partial charge on any atom is 0.397 e. The van der Waals surface area contributed by atoms with E-state index in [0.717, 1.165) is 48.3 Å². The Morgan fingerprint density at radius 1 is 0.531 bits per heavy atom. The Hall–Kier alpha value is -1.26. The summed E-state index contributed by atoms with van der Waals surface area (Å²) in [6.07, 6.45) is 9.67. The quantitative estimate of drug-likeness (QED) is 0.425. The maximum absolute atomic E-state index is 6.26. The Kier molecular flexibility index (Phi) is 6.35. The van der Waals surface area contributed by atoms with Crippen molar-refractivity contribution < 1.29 is 27.1 Å². The molecule has 0 N–H and O–H groups in total. The Bertz CT molecular complexity index is 839. The summed E-state index contributed by atoms with van der Waals surface area (Å²) >= 11 is 0. The van der Waals surface area contributed by atoms with Crippen molar-refractivity contribution in [2.45, 2.75) is 75.8 Å². The fourth-order valence-corrected chi connectivity index (χ4v) is 7.64. The Morgan fingerprint density at radius 3 is 1.25 bits per heavy atom. The average molecular weight is 474 g/mol. The van der Waals surface area contributed by atoms with Gasteiger partial charge in [-0.15, -0.1) is 0 Å². The molecule has 6 rings (SSSR count). The molecule has 4 aliphatic rings. The summed E-state index contributed by atoms with van der Waals surface area (Å²) < 4.78 is 36.9. The zero-order valence-electron chi connectivity index (χ0n) is 17.9. The number of para-hydroxylation sites is 2. The van der Waals surface area contributed by atoms with Gasteiger partial charge < -0.3 is 9.05 Å². The van der Waals surface area contributed by atoms with E-state index < -0.39 is 17.2 Å². The first-order valence-electron chi connectivity index (χ1n) is 11.7. The van der Waals surface area contributed by atoms with Crippen molar-refractivity contribution in [3.8, 4) is 22.6 Å². The molecule has 2 aromatic carbocycles. The van der Waals surface area contributed by atoms with Gasteiger partial charge in [0, 0.05) is 11.1 Å². The summed E-state index contributed by atoms with van der Waals surface area (Å²) in [4.78, 5) is 0. The molecule has 4 atom stereocenters. The van der Waals surface area contributed by atoms with E-state index in [1.807, 2.05) is 48.5 Å². The van der Waals surface area contributed by atoms with Crippen LogP contribution in [0.2, 0.25) is 0 Å². The number of hydrogen-bond donors (Lipinski definition) is 0. The highest BCUT2D eigenvalue weighted by molar-refractivity contribution is 7.42. The molecular formula is C24H28O6P2. The lowest BCUT2D eigenvalue weighted by molar-refractivity contribution is 0.110. The van der Waals surface area contributed by atoms with E-state index >= 15 is 0 Å². The highest BCUT2D eigenvalue weighted by atomic mass is 31.2. The predicted octanol–water partition coefficient (Wildman–Crippen LogP) is 7.28. The molecule has 0 bridgehead atoms. The fourth-order valence-electron chi connectivity index (χ4n) is 4.88. The molecule has 8 heteroatoms. The Morgan fingerprint density at radius 2 is 0.875 bits per heavy atom. The summed E-state index contributed by atoms with van der Waals surface area (Å²) in [5.41, 5.74) is 1.89. The van der Waals surface area contributed by atoms with Gasteiger partial charge in [0.25, 0.3) is 0 Å². The summed E-state index contributed by atoms with van der Waals surface area (Å²) in [5, 5.41) is 0. The van der Waals surface area contributed by atoms with Crippen molar-refractivity contribution in [1.29, 1.82) is 0 Å². The van der Waals surface area contributed by atoms with Crippen LogP contribution in [0.5, 0.6) is 11.5 Å². The van der Waals surface area contributed by atoms with Crippen molar-refractivity contribution in [3.05, 3.63) is 48.5 Å².